The number of rotatable bonds is 5. The fourth-order valence-corrected chi connectivity index (χ4v) is 4.59. The molecule has 1 aliphatic heterocycles. The molecule has 1 aliphatic carbocycles. The fraction of sp³-hybridized carbons (Fsp3) is 0.429. The second kappa shape index (κ2) is 8.88. The lowest BCUT2D eigenvalue weighted by Gasteiger charge is -2.35. The zero-order valence-corrected chi connectivity index (χ0v) is 17.3. The van der Waals surface area contributed by atoms with Crippen LogP contribution in [0.5, 0.6) is 5.75 Å². The minimum absolute atomic E-state index is 0.106. The van der Waals surface area contributed by atoms with Crippen LogP contribution in [0.3, 0.4) is 0 Å². The van der Waals surface area contributed by atoms with Crippen LogP contribution in [0.15, 0.2) is 42.6 Å². The Kier molecular flexibility index (Phi) is 6.25. The molecule has 2 N–H and O–H groups in total. The third-order valence-electron chi connectivity index (χ3n) is 5.61. The second-order valence-electron chi connectivity index (χ2n) is 7.78. The molecule has 2 heterocycles. The molecule has 1 saturated carbocycles. The number of ether oxygens (including phenoxy) is 1. The van der Waals surface area contributed by atoms with Crippen LogP contribution in [-0.4, -0.2) is 52.7 Å². The quantitative estimate of drug-likeness (QED) is 0.751. The fourth-order valence-electron chi connectivity index (χ4n) is 4.29. The minimum atomic E-state index is -0.526. The molecular formula is C21H23Cl2N3O3. The van der Waals surface area contributed by atoms with Gasteiger partial charge in [-0.2, -0.15) is 0 Å². The predicted octanol–water partition coefficient (Wildman–Crippen LogP) is 3.48. The third-order valence-corrected chi connectivity index (χ3v) is 6.06. The molecule has 4 atom stereocenters. The highest BCUT2D eigenvalue weighted by atomic mass is 35.5. The average molecular weight is 436 g/mol. The molecule has 1 amide bonds. The Morgan fingerprint density at radius 1 is 1.17 bits per heavy atom. The Bertz CT molecular complexity index is 865. The van der Waals surface area contributed by atoms with Crippen LogP contribution in [0.2, 0.25) is 10.0 Å². The Morgan fingerprint density at radius 2 is 1.97 bits per heavy atom. The number of likely N-dealkylation sites (tertiary alicyclic amines) is 1. The van der Waals surface area contributed by atoms with Gasteiger partial charge in [0, 0.05) is 24.3 Å². The molecule has 8 heteroatoms. The van der Waals surface area contributed by atoms with E-state index in [1.807, 2.05) is 12.1 Å². The molecule has 2 aromatic rings. The lowest BCUT2D eigenvalue weighted by Crippen LogP contribution is -2.42. The van der Waals surface area contributed by atoms with Gasteiger partial charge in [0.05, 0.1) is 17.7 Å². The summed E-state index contributed by atoms with van der Waals surface area (Å²) in [5, 5.41) is 14.5. The maximum Gasteiger partial charge on any atom is 0.239 e. The summed E-state index contributed by atoms with van der Waals surface area (Å²) in [7, 11) is 0. The van der Waals surface area contributed by atoms with E-state index in [0.29, 0.717) is 46.4 Å². The first-order chi connectivity index (χ1) is 14.0. The van der Waals surface area contributed by atoms with Crippen molar-refractivity contribution in [3.8, 4) is 5.75 Å². The number of aliphatic hydroxyl groups excluding tert-OH is 1. The molecule has 1 saturated heterocycles. The summed E-state index contributed by atoms with van der Waals surface area (Å²) in [5.74, 6) is 1.81. The number of amides is 1. The number of carbonyl (C=O) groups excluding carboxylic acids is 1. The number of aliphatic hydroxyl groups is 1. The van der Waals surface area contributed by atoms with Crippen molar-refractivity contribution < 1.29 is 14.6 Å². The Balaban J connectivity index is 1.31. The molecule has 0 spiro atoms. The molecule has 0 radical (unpaired) electrons. The highest BCUT2D eigenvalue weighted by Crippen LogP contribution is 2.38. The molecule has 2 aliphatic rings. The monoisotopic (exact) mass is 435 g/mol. The molecule has 0 bridgehead atoms. The number of nitrogens with one attached hydrogen (secondary N) is 1. The number of hydrogen-bond donors (Lipinski definition) is 2. The van der Waals surface area contributed by atoms with Gasteiger partial charge in [-0.15, -0.1) is 0 Å². The molecule has 1 aromatic heterocycles. The molecule has 1 aromatic carbocycles. The summed E-state index contributed by atoms with van der Waals surface area (Å²) < 4.78 is 6.01. The number of carbonyl (C=O) groups is 1. The minimum Gasteiger partial charge on any atom is -0.488 e. The number of benzene rings is 1. The van der Waals surface area contributed by atoms with Crippen LogP contribution in [0.4, 0.5) is 5.82 Å². The van der Waals surface area contributed by atoms with Gasteiger partial charge in [0.1, 0.15) is 17.7 Å². The van der Waals surface area contributed by atoms with Gasteiger partial charge in [-0.3, -0.25) is 9.69 Å². The first-order valence-corrected chi connectivity index (χ1v) is 10.5. The Hall–Kier alpha value is -1.86. The molecule has 2 fully saturated rings. The number of nitrogens with zero attached hydrogens (tertiary/aromatic N) is 2. The summed E-state index contributed by atoms with van der Waals surface area (Å²) in [5.41, 5.74) is 0. The van der Waals surface area contributed by atoms with Gasteiger partial charge < -0.3 is 15.2 Å². The van der Waals surface area contributed by atoms with Crippen molar-refractivity contribution in [3.63, 3.8) is 0 Å². The van der Waals surface area contributed by atoms with Crippen LogP contribution in [0.25, 0.3) is 0 Å². The number of pyridine rings is 1. The van der Waals surface area contributed by atoms with E-state index in [4.69, 9.17) is 27.9 Å². The first kappa shape index (κ1) is 20.4. The summed E-state index contributed by atoms with van der Waals surface area (Å²) in [6.45, 7) is 1.91. The molecule has 0 unspecified atom stereocenters. The van der Waals surface area contributed by atoms with Crippen LogP contribution in [0.1, 0.15) is 12.8 Å². The first-order valence-electron chi connectivity index (χ1n) is 9.70. The van der Waals surface area contributed by atoms with E-state index in [2.05, 4.69) is 15.2 Å². The summed E-state index contributed by atoms with van der Waals surface area (Å²) in [6, 6.07) is 10.6. The lowest BCUT2D eigenvalue weighted by atomic mass is 9.78. The maximum atomic E-state index is 12.3. The van der Waals surface area contributed by atoms with E-state index in [1.165, 1.54) is 6.20 Å². The van der Waals surface area contributed by atoms with Crippen LogP contribution >= 0.6 is 23.2 Å². The maximum absolute atomic E-state index is 12.3. The number of fused-ring (bicyclic) bond motifs is 1. The summed E-state index contributed by atoms with van der Waals surface area (Å²) >= 11 is 11.8. The van der Waals surface area contributed by atoms with Gasteiger partial charge in [-0.1, -0.05) is 29.3 Å². The lowest BCUT2D eigenvalue weighted by molar-refractivity contribution is -0.117. The molecule has 6 nitrogen and oxygen atoms in total. The average Bonchev–Trinajstić information content (AvgIpc) is 3.04. The van der Waals surface area contributed by atoms with E-state index >= 15 is 0 Å². The number of anilines is 1. The summed E-state index contributed by atoms with van der Waals surface area (Å²) in [4.78, 5) is 18.6. The summed E-state index contributed by atoms with van der Waals surface area (Å²) in [6.07, 6.45) is 2.15. The van der Waals surface area contributed by atoms with Crippen LogP contribution in [-0.2, 0) is 4.79 Å². The van der Waals surface area contributed by atoms with Crippen molar-refractivity contribution in [2.24, 2.45) is 11.8 Å². The van der Waals surface area contributed by atoms with Crippen molar-refractivity contribution in [1.82, 2.24) is 9.88 Å². The van der Waals surface area contributed by atoms with Crippen molar-refractivity contribution in [2.75, 3.05) is 25.0 Å². The van der Waals surface area contributed by atoms with Gasteiger partial charge in [0.25, 0.3) is 0 Å². The third kappa shape index (κ3) is 5.20. The standard InChI is InChI=1S/C21H23Cl2N3O3/c22-15-2-1-3-17(8-15)29-19-7-14-11-26(10-13(14)6-18(19)27)12-21(28)25-20-5-4-16(23)9-24-20/h1-5,8-9,13-14,18-19,27H,6-7,10-12H2,(H,24,25,28)/t13-,14+,18+,19+/m0/s1. The van der Waals surface area contributed by atoms with Crippen molar-refractivity contribution in [1.29, 1.82) is 0 Å². The Morgan fingerprint density at radius 3 is 2.69 bits per heavy atom. The van der Waals surface area contributed by atoms with E-state index < -0.39 is 6.10 Å². The zero-order valence-electron chi connectivity index (χ0n) is 15.8. The van der Waals surface area contributed by atoms with E-state index in [9.17, 15) is 9.90 Å². The molecule has 29 heavy (non-hydrogen) atoms. The molecular weight excluding hydrogens is 413 g/mol. The van der Waals surface area contributed by atoms with Gasteiger partial charge >= 0.3 is 0 Å². The van der Waals surface area contributed by atoms with Crippen molar-refractivity contribution >= 4 is 34.9 Å². The van der Waals surface area contributed by atoms with Crippen molar-refractivity contribution in [3.05, 3.63) is 52.6 Å². The highest BCUT2D eigenvalue weighted by molar-refractivity contribution is 6.30. The van der Waals surface area contributed by atoms with E-state index in [1.54, 1.807) is 24.3 Å². The van der Waals surface area contributed by atoms with Crippen molar-refractivity contribution in [2.45, 2.75) is 25.0 Å². The number of hydrogen-bond acceptors (Lipinski definition) is 5. The van der Waals surface area contributed by atoms with Gasteiger partial charge in [-0.05, 0) is 55.0 Å². The van der Waals surface area contributed by atoms with Gasteiger partial charge in [-0.25, -0.2) is 4.98 Å². The van der Waals surface area contributed by atoms with E-state index in [0.717, 1.165) is 19.5 Å². The largest absolute Gasteiger partial charge is 0.488 e. The normalized spacial score (nSPS) is 26.7. The highest BCUT2D eigenvalue weighted by Gasteiger charge is 2.43. The van der Waals surface area contributed by atoms with Gasteiger partial charge in [0.2, 0.25) is 5.91 Å². The van der Waals surface area contributed by atoms with Gasteiger partial charge in [0.15, 0.2) is 0 Å². The zero-order chi connectivity index (χ0) is 20.4. The number of aromatic nitrogens is 1. The molecule has 4 rings (SSSR count). The Labute approximate surface area is 179 Å². The molecule has 154 valence electrons. The smallest absolute Gasteiger partial charge is 0.239 e. The SMILES string of the molecule is O=C(CN1C[C@H]2C[C@@H](Oc3cccc(Cl)c3)[C@H](O)C[C@H]2C1)Nc1ccc(Cl)cn1. The van der Waals surface area contributed by atoms with Crippen LogP contribution < -0.4 is 10.1 Å². The van der Waals surface area contributed by atoms with E-state index in [-0.39, 0.29) is 12.0 Å². The topological polar surface area (TPSA) is 74.7 Å². The second-order valence-corrected chi connectivity index (χ2v) is 8.65. The predicted molar refractivity (Wildman–Crippen MR) is 112 cm³/mol. The number of halogens is 2. The van der Waals surface area contributed by atoms with Crippen LogP contribution in [0, 0.1) is 11.8 Å².